The Morgan fingerprint density at radius 1 is 0.800 bits per heavy atom. The lowest BCUT2D eigenvalue weighted by atomic mass is 10.2. The van der Waals surface area contributed by atoms with Crippen LogP contribution in [0.1, 0.15) is 5.56 Å². The van der Waals surface area contributed by atoms with Gasteiger partial charge in [-0.05, 0) is 12.1 Å². The van der Waals surface area contributed by atoms with Crippen molar-refractivity contribution in [2.24, 2.45) is 0 Å². The molecule has 15 heavy (non-hydrogen) atoms. The van der Waals surface area contributed by atoms with Crippen molar-refractivity contribution in [1.29, 1.82) is 0 Å². The van der Waals surface area contributed by atoms with Gasteiger partial charge in [-0.25, -0.2) is 0 Å². The fourth-order valence-corrected chi connectivity index (χ4v) is 1.34. The topological polar surface area (TPSA) is 23.2 Å². The predicted molar refractivity (Wildman–Crippen MR) is 59.8 cm³/mol. The van der Waals surface area contributed by atoms with E-state index in [0.717, 1.165) is 16.0 Å². The van der Waals surface area contributed by atoms with Gasteiger partial charge in [0, 0.05) is 22.4 Å². The third kappa shape index (κ3) is 2.44. The zero-order valence-electron chi connectivity index (χ0n) is 8.25. The molecule has 74 valence electrons. The molecule has 0 fully saturated rings. The van der Waals surface area contributed by atoms with Crippen molar-refractivity contribution in [3.63, 3.8) is 0 Å². The van der Waals surface area contributed by atoms with Crippen LogP contribution < -0.4 is 0 Å². The van der Waals surface area contributed by atoms with Gasteiger partial charge in [0.15, 0.2) is 0 Å². The minimum Gasteiger partial charge on any atom is -0.285 e. The van der Waals surface area contributed by atoms with Gasteiger partial charge in [0.1, 0.15) is 0 Å². The summed E-state index contributed by atoms with van der Waals surface area (Å²) in [5.41, 5.74) is 1.71. The molecule has 0 amide bonds. The number of hydrogen-bond donors (Lipinski definition) is 1. The van der Waals surface area contributed by atoms with Crippen molar-refractivity contribution in [1.82, 2.24) is 0 Å². The first kappa shape index (κ1) is 9.46. The van der Waals surface area contributed by atoms with E-state index in [0.29, 0.717) is 0 Å². The van der Waals surface area contributed by atoms with Crippen molar-refractivity contribution in [2.75, 3.05) is 0 Å². The Hall–Kier alpha value is -2.09. The van der Waals surface area contributed by atoms with Crippen LogP contribution in [0.3, 0.4) is 0 Å². The molecule has 2 rings (SSSR count). The molecule has 0 bridgehead atoms. The summed E-state index contributed by atoms with van der Waals surface area (Å²) in [4.78, 5) is 0. The first-order valence-electron chi connectivity index (χ1n) is 4.79. The average molecular weight is 198 g/mol. The minimum atomic E-state index is 0.751. The zero-order valence-corrected chi connectivity index (χ0v) is 8.25. The molecule has 0 aliphatic heterocycles. The van der Waals surface area contributed by atoms with E-state index in [-0.39, 0.29) is 0 Å². The SMILES string of the molecule is O/[N+](=C\c1ccccc1)c1ccccc1. The second-order valence-electron chi connectivity index (χ2n) is 3.22. The Balaban J connectivity index is 2.29. The van der Waals surface area contributed by atoms with Crippen LogP contribution in [0.5, 0.6) is 0 Å². The molecule has 2 heteroatoms. The Bertz CT molecular complexity index is 448. The Morgan fingerprint density at radius 3 is 1.93 bits per heavy atom. The molecule has 0 spiro atoms. The highest BCUT2D eigenvalue weighted by atomic mass is 16.5. The zero-order chi connectivity index (χ0) is 10.5. The van der Waals surface area contributed by atoms with Crippen molar-refractivity contribution in [3.8, 4) is 0 Å². The van der Waals surface area contributed by atoms with Gasteiger partial charge < -0.3 is 0 Å². The van der Waals surface area contributed by atoms with Crippen LogP contribution in [0, 0.1) is 0 Å². The third-order valence-electron chi connectivity index (χ3n) is 2.09. The molecule has 0 radical (unpaired) electrons. The highest BCUT2D eigenvalue weighted by Gasteiger charge is 2.05. The molecule has 0 saturated heterocycles. The smallest absolute Gasteiger partial charge is 0.257 e. The fraction of sp³-hybridized carbons (Fsp3) is 0. The van der Waals surface area contributed by atoms with Crippen LogP contribution in [-0.2, 0) is 0 Å². The lowest BCUT2D eigenvalue weighted by Crippen LogP contribution is -2.01. The molecule has 0 aliphatic rings. The third-order valence-corrected chi connectivity index (χ3v) is 2.09. The van der Waals surface area contributed by atoms with E-state index in [2.05, 4.69) is 0 Å². The molecular weight excluding hydrogens is 186 g/mol. The van der Waals surface area contributed by atoms with Gasteiger partial charge in [0.05, 0.1) is 0 Å². The summed E-state index contributed by atoms with van der Waals surface area (Å²) < 4.78 is 1.12. The lowest BCUT2D eigenvalue weighted by molar-refractivity contribution is -0.709. The summed E-state index contributed by atoms with van der Waals surface area (Å²) in [5, 5.41) is 9.75. The van der Waals surface area contributed by atoms with E-state index < -0.39 is 0 Å². The molecule has 0 atom stereocenters. The minimum absolute atomic E-state index is 0.751. The molecule has 0 saturated carbocycles. The van der Waals surface area contributed by atoms with E-state index in [9.17, 15) is 5.21 Å². The molecule has 2 aromatic carbocycles. The first-order chi connectivity index (χ1) is 7.36. The maximum absolute atomic E-state index is 9.75. The molecule has 0 heterocycles. The molecular formula is C13H12NO+. The van der Waals surface area contributed by atoms with Crippen LogP contribution in [0.4, 0.5) is 5.69 Å². The maximum Gasteiger partial charge on any atom is 0.257 e. The van der Waals surface area contributed by atoms with E-state index in [1.807, 2.05) is 60.7 Å². The van der Waals surface area contributed by atoms with Gasteiger partial charge >= 0.3 is 0 Å². The van der Waals surface area contributed by atoms with E-state index in [1.165, 1.54) is 0 Å². The number of rotatable bonds is 2. The Labute approximate surface area is 88.7 Å². The molecule has 2 aromatic rings. The monoisotopic (exact) mass is 198 g/mol. The summed E-state index contributed by atoms with van der Waals surface area (Å²) >= 11 is 0. The van der Waals surface area contributed by atoms with Crippen molar-refractivity contribution in [3.05, 3.63) is 66.2 Å². The molecule has 0 aromatic heterocycles. The molecule has 0 aliphatic carbocycles. The largest absolute Gasteiger partial charge is 0.285 e. The predicted octanol–water partition coefficient (Wildman–Crippen LogP) is 2.84. The number of nitrogens with zero attached hydrogens (tertiary/aromatic N) is 1. The quantitative estimate of drug-likeness (QED) is 0.341. The second-order valence-corrected chi connectivity index (χ2v) is 3.22. The van der Waals surface area contributed by atoms with Crippen LogP contribution in [-0.4, -0.2) is 16.2 Å². The highest BCUT2D eigenvalue weighted by Crippen LogP contribution is 2.08. The van der Waals surface area contributed by atoms with Gasteiger partial charge in [-0.3, -0.25) is 5.21 Å². The first-order valence-corrected chi connectivity index (χ1v) is 4.79. The summed E-state index contributed by atoms with van der Waals surface area (Å²) in [7, 11) is 0. The number of benzene rings is 2. The standard InChI is InChI=1S/C13H12NO/c15-14(13-9-5-2-6-10-13)11-12-7-3-1-4-8-12/h1-11,15H/q+1/b14-11-. The highest BCUT2D eigenvalue weighted by molar-refractivity contribution is 5.75. The van der Waals surface area contributed by atoms with E-state index in [1.54, 1.807) is 6.21 Å². The van der Waals surface area contributed by atoms with E-state index >= 15 is 0 Å². The summed E-state index contributed by atoms with van der Waals surface area (Å²) in [5.74, 6) is 0. The average Bonchev–Trinajstić information content (AvgIpc) is 2.31. The van der Waals surface area contributed by atoms with Gasteiger partial charge in [0.25, 0.3) is 5.69 Å². The van der Waals surface area contributed by atoms with Crippen LogP contribution in [0.2, 0.25) is 0 Å². The lowest BCUT2D eigenvalue weighted by Gasteiger charge is -1.92. The Kier molecular flexibility index (Phi) is 2.79. The number of hydrogen-bond acceptors (Lipinski definition) is 1. The van der Waals surface area contributed by atoms with E-state index in [4.69, 9.17) is 0 Å². The summed E-state index contributed by atoms with van der Waals surface area (Å²) in [6, 6.07) is 19.1. The van der Waals surface area contributed by atoms with Crippen LogP contribution in [0.25, 0.3) is 0 Å². The van der Waals surface area contributed by atoms with Crippen LogP contribution in [0.15, 0.2) is 60.7 Å². The maximum atomic E-state index is 9.75. The second kappa shape index (κ2) is 4.42. The molecule has 1 N–H and O–H groups in total. The molecule has 2 nitrogen and oxygen atoms in total. The van der Waals surface area contributed by atoms with Gasteiger partial charge in [-0.15, -0.1) is 0 Å². The Morgan fingerprint density at radius 2 is 1.33 bits per heavy atom. The summed E-state index contributed by atoms with van der Waals surface area (Å²) in [6.07, 6.45) is 1.68. The normalized spacial score (nSPS) is 11.3. The molecule has 0 unspecified atom stereocenters. The van der Waals surface area contributed by atoms with Crippen molar-refractivity contribution in [2.45, 2.75) is 0 Å². The van der Waals surface area contributed by atoms with Gasteiger partial charge in [-0.2, -0.15) is 0 Å². The fourth-order valence-electron chi connectivity index (χ4n) is 1.34. The van der Waals surface area contributed by atoms with Crippen molar-refractivity contribution >= 4 is 11.9 Å². The van der Waals surface area contributed by atoms with Gasteiger partial charge in [-0.1, -0.05) is 36.4 Å². The van der Waals surface area contributed by atoms with Gasteiger partial charge in [0.2, 0.25) is 6.21 Å². The number of para-hydroxylation sites is 1. The van der Waals surface area contributed by atoms with Crippen LogP contribution >= 0.6 is 0 Å². The summed E-state index contributed by atoms with van der Waals surface area (Å²) in [6.45, 7) is 0. The van der Waals surface area contributed by atoms with Crippen molar-refractivity contribution < 1.29 is 9.95 Å².